The molecule has 5 rings (SSSR count). The Labute approximate surface area is 189 Å². The summed E-state index contributed by atoms with van der Waals surface area (Å²) in [5.41, 5.74) is 16.1. The molecule has 0 fully saturated rings. The number of nitriles is 2. The highest BCUT2D eigenvalue weighted by molar-refractivity contribution is 5.99. The first-order chi connectivity index (χ1) is 16.1. The van der Waals surface area contributed by atoms with Crippen molar-refractivity contribution in [1.29, 1.82) is 10.5 Å². The van der Waals surface area contributed by atoms with E-state index in [9.17, 15) is 5.26 Å². The summed E-state index contributed by atoms with van der Waals surface area (Å²) in [5, 5.41) is 26.4. The Hall–Kier alpha value is -5.08. The number of aliphatic imine (C=N–C) groups is 1. The number of nitrogens with zero attached hydrogens (tertiary/aromatic N) is 4. The van der Waals surface area contributed by atoms with Gasteiger partial charge in [0, 0.05) is 5.56 Å². The fraction of sp³-hybridized carbons (Fsp3) is 0.0400. The summed E-state index contributed by atoms with van der Waals surface area (Å²) in [6, 6.07) is 23.8. The molecule has 8 nitrogen and oxygen atoms in total. The lowest BCUT2D eigenvalue weighted by Gasteiger charge is -2.26. The molecule has 3 aromatic carbocycles. The highest BCUT2D eigenvalue weighted by Crippen LogP contribution is 2.41. The van der Waals surface area contributed by atoms with Gasteiger partial charge in [-0.15, -0.1) is 0 Å². The first kappa shape index (κ1) is 19.9. The summed E-state index contributed by atoms with van der Waals surface area (Å²) >= 11 is 0. The van der Waals surface area contributed by atoms with Crippen molar-refractivity contribution in [2.75, 3.05) is 16.8 Å². The van der Waals surface area contributed by atoms with Crippen molar-refractivity contribution in [1.82, 2.24) is 10.3 Å². The van der Waals surface area contributed by atoms with Crippen LogP contribution in [0.3, 0.4) is 0 Å². The van der Waals surface area contributed by atoms with Gasteiger partial charge in [0.15, 0.2) is 6.19 Å². The largest absolute Gasteiger partial charge is 0.397 e. The van der Waals surface area contributed by atoms with Gasteiger partial charge in [-0.05, 0) is 33.5 Å². The Kier molecular flexibility index (Phi) is 4.74. The first-order valence-electron chi connectivity index (χ1n) is 10.2. The zero-order valence-electron chi connectivity index (χ0n) is 17.4. The third-order valence-corrected chi connectivity index (χ3v) is 5.66. The average molecular weight is 430 g/mol. The number of pyridine rings is 1. The minimum atomic E-state index is -0.591. The SMILES string of the molecule is N#CNC1=NC(c2cccc(-c3cccc4ccccc34)c2)c2c(nc(N)c(C#N)c2N)N1. The van der Waals surface area contributed by atoms with Crippen molar-refractivity contribution in [3.05, 3.63) is 83.4 Å². The van der Waals surface area contributed by atoms with E-state index < -0.39 is 6.04 Å². The third kappa shape index (κ3) is 3.32. The monoisotopic (exact) mass is 430 g/mol. The zero-order chi connectivity index (χ0) is 22.9. The Morgan fingerprint density at radius 3 is 2.58 bits per heavy atom. The molecule has 1 atom stereocenters. The van der Waals surface area contributed by atoms with E-state index in [1.165, 1.54) is 0 Å². The molecule has 1 aliphatic rings. The summed E-state index contributed by atoms with van der Waals surface area (Å²) in [5.74, 6) is 0.599. The molecule has 0 spiro atoms. The van der Waals surface area contributed by atoms with E-state index in [2.05, 4.69) is 44.9 Å². The van der Waals surface area contributed by atoms with E-state index in [1.807, 2.05) is 54.7 Å². The molecule has 1 unspecified atom stereocenters. The molecule has 0 aliphatic carbocycles. The van der Waals surface area contributed by atoms with Crippen LogP contribution in [0.25, 0.3) is 21.9 Å². The van der Waals surface area contributed by atoms with Gasteiger partial charge in [0.25, 0.3) is 0 Å². The number of rotatable bonds is 2. The van der Waals surface area contributed by atoms with E-state index in [-0.39, 0.29) is 23.0 Å². The maximum Gasteiger partial charge on any atom is 0.211 e. The van der Waals surface area contributed by atoms with E-state index in [4.69, 9.17) is 16.7 Å². The van der Waals surface area contributed by atoms with E-state index in [0.29, 0.717) is 11.4 Å². The average Bonchev–Trinajstić information content (AvgIpc) is 2.83. The number of aromatic nitrogens is 1. The molecule has 0 saturated carbocycles. The number of fused-ring (bicyclic) bond motifs is 2. The van der Waals surface area contributed by atoms with Gasteiger partial charge in [-0.25, -0.2) is 9.98 Å². The van der Waals surface area contributed by atoms with Gasteiger partial charge in [0.2, 0.25) is 5.96 Å². The molecular formula is C25H18N8. The Morgan fingerprint density at radius 2 is 1.76 bits per heavy atom. The van der Waals surface area contributed by atoms with Crippen molar-refractivity contribution in [3.63, 3.8) is 0 Å². The van der Waals surface area contributed by atoms with Crippen LogP contribution in [0.1, 0.15) is 22.7 Å². The van der Waals surface area contributed by atoms with E-state index in [0.717, 1.165) is 27.5 Å². The van der Waals surface area contributed by atoms with Crippen LogP contribution in [0.4, 0.5) is 17.3 Å². The minimum Gasteiger partial charge on any atom is -0.397 e. The van der Waals surface area contributed by atoms with Crippen molar-refractivity contribution in [2.45, 2.75) is 6.04 Å². The second-order valence-corrected chi connectivity index (χ2v) is 7.55. The van der Waals surface area contributed by atoms with Crippen LogP contribution in [0.2, 0.25) is 0 Å². The lowest BCUT2D eigenvalue weighted by molar-refractivity contribution is 0.847. The van der Waals surface area contributed by atoms with Gasteiger partial charge < -0.3 is 16.8 Å². The van der Waals surface area contributed by atoms with Crippen molar-refractivity contribution >= 4 is 34.1 Å². The molecule has 158 valence electrons. The normalized spacial score (nSPS) is 14.4. The summed E-state index contributed by atoms with van der Waals surface area (Å²) in [4.78, 5) is 8.96. The highest BCUT2D eigenvalue weighted by atomic mass is 15.2. The summed E-state index contributed by atoms with van der Waals surface area (Å²) in [6.07, 6.45) is 1.86. The number of nitrogen functional groups attached to an aromatic ring is 2. The smallest absolute Gasteiger partial charge is 0.211 e. The van der Waals surface area contributed by atoms with E-state index >= 15 is 0 Å². The second kappa shape index (κ2) is 7.88. The predicted molar refractivity (Wildman–Crippen MR) is 129 cm³/mol. The summed E-state index contributed by atoms with van der Waals surface area (Å²) in [7, 11) is 0. The summed E-state index contributed by atoms with van der Waals surface area (Å²) < 4.78 is 0. The van der Waals surface area contributed by atoms with Gasteiger partial charge >= 0.3 is 0 Å². The number of anilines is 3. The van der Waals surface area contributed by atoms with Crippen LogP contribution >= 0.6 is 0 Å². The molecule has 1 aromatic heterocycles. The lowest BCUT2D eigenvalue weighted by Crippen LogP contribution is -2.32. The van der Waals surface area contributed by atoms with Crippen LogP contribution in [0.5, 0.6) is 0 Å². The molecule has 0 radical (unpaired) electrons. The number of hydrogen-bond donors (Lipinski definition) is 4. The maximum absolute atomic E-state index is 9.53. The third-order valence-electron chi connectivity index (χ3n) is 5.66. The van der Waals surface area contributed by atoms with Gasteiger partial charge in [-0.1, -0.05) is 60.7 Å². The Bertz CT molecular complexity index is 1520. The van der Waals surface area contributed by atoms with Crippen molar-refractivity contribution in [2.24, 2.45) is 4.99 Å². The lowest BCUT2D eigenvalue weighted by atomic mass is 9.91. The van der Waals surface area contributed by atoms with Gasteiger partial charge in [0.1, 0.15) is 29.3 Å². The number of benzene rings is 3. The van der Waals surface area contributed by atoms with Gasteiger partial charge in [-0.3, -0.25) is 5.32 Å². The van der Waals surface area contributed by atoms with Gasteiger partial charge in [-0.2, -0.15) is 10.5 Å². The standard InChI is InChI=1S/C25H18N8/c26-12-19-21(28)20-22(31-25(30-13-27)33-24(20)32-23(19)29)16-8-3-7-15(11-16)18-10-4-6-14-5-1-2-9-17(14)18/h1-11,22H,(H6,28,29,30,31,32,33). The highest BCUT2D eigenvalue weighted by Gasteiger charge is 2.29. The molecule has 0 amide bonds. The first-order valence-corrected chi connectivity index (χ1v) is 10.2. The number of nitrogens with one attached hydrogen (secondary N) is 2. The fourth-order valence-corrected chi connectivity index (χ4v) is 4.18. The molecule has 0 saturated heterocycles. The van der Waals surface area contributed by atoms with E-state index in [1.54, 1.807) is 0 Å². The molecule has 33 heavy (non-hydrogen) atoms. The number of guanidine groups is 1. The molecular weight excluding hydrogens is 412 g/mol. The van der Waals surface area contributed by atoms with Gasteiger partial charge in [0.05, 0.1) is 5.69 Å². The molecule has 4 aromatic rings. The number of hydrogen-bond acceptors (Lipinski definition) is 8. The zero-order valence-corrected chi connectivity index (χ0v) is 17.4. The van der Waals surface area contributed by atoms with Crippen LogP contribution in [0.15, 0.2) is 71.7 Å². The fourth-order valence-electron chi connectivity index (χ4n) is 4.18. The van der Waals surface area contributed by atoms with Crippen LogP contribution in [-0.4, -0.2) is 10.9 Å². The molecule has 8 heteroatoms. The van der Waals surface area contributed by atoms with Crippen molar-refractivity contribution in [3.8, 4) is 23.4 Å². The molecule has 2 heterocycles. The maximum atomic E-state index is 9.53. The predicted octanol–water partition coefficient (Wildman–Crippen LogP) is 3.88. The van der Waals surface area contributed by atoms with Crippen LogP contribution in [0, 0.1) is 22.8 Å². The quantitative estimate of drug-likeness (QED) is 0.278. The molecule has 0 bridgehead atoms. The molecule has 6 N–H and O–H groups in total. The summed E-state index contributed by atoms with van der Waals surface area (Å²) in [6.45, 7) is 0. The van der Waals surface area contributed by atoms with Crippen LogP contribution < -0.4 is 22.1 Å². The van der Waals surface area contributed by atoms with Crippen LogP contribution in [-0.2, 0) is 0 Å². The van der Waals surface area contributed by atoms with Crippen molar-refractivity contribution < 1.29 is 0 Å². The Balaban J connectivity index is 1.70. The topological polar surface area (TPSA) is 149 Å². The minimum absolute atomic E-state index is 0.0164. The molecule has 1 aliphatic heterocycles. The number of nitrogens with two attached hydrogens (primary N) is 2. The second-order valence-electron chi connectivity index (χ2n) is 7.55. The Morgan fingerprint density at radius 1 is 0.970 bits per heavy atom.